The van der Waals surface area contributed by atoms with Crippen LogP contribution in [0.15, 0.2) is 0 Å². The minimum atomic E-state index is -0.840. The third-order valence-corrected chi connectivity index (χ3v) is 4.89. The molecule has 0 bridgehead atoms. The summed E-state index contributed by atoms with van der Waals surface area (Å²) in [6, 6.07) is 0. The molecule has 0 N–H and O–H groups in total. The number of hydrogen-bond acceptors (Lipinski definition) is 3. The second-order valence-corrected chi connectivity index (χ2v) is 7.07. The van der Waals surface area contributed by atoms with E-state index >= 15 is 0 Å². The fourth-order valence-electron chi connectivity index (χ4n) is 3.07. The third kappa shape index (κ3) is 10.3. The molecule has 0 amide bonds. The molecule has 1 unspecified atom stereocenters. The van der Waals surface area contributed by atoms with Crippen LogP contribution < -0.4 is 0 Å². The molecule has 0 saturated carbocycles. The van der Waals surface area contributed by atoms with Crippen LogP contribution in [0.2, 0.25) is 0 Å². The molecule has 0 aliphatic rings. The molecule has 0 radical (unpaired) electrons. The zero-order valence-corrected chi connectivity index (χ0v) is 18.0. The van der Waals surface area contributed by atoms with Gasteiger partial charge in [0.2, 0.25) is 0 Å². The Morgan fingerprint density at radius 2 is 1.17 bits per heavy atom. The van der Waals surface area contributed by atoms with Crippen molar-refractivity contribution in [1.82, 2.24) is 0 Å². The van der Waals surface area contributed by atoms with E-state index in [1.54, 1.807) is 0 Å². The highest BCUT2D eigenvalue weighted by molar-refractivity contribution is 14.1. The van der Waals surface area contributed by atoms with Crippen molar-refractivity contribution in [2.75, 3.05) is 24.2 Å². The van der Waals surface area contributed by atoms with Gasteiger partial charge in [-0.15, -0.1) is 0 Å². The SMILES string of the molecule is CCCCCCCCC(CCCI)C(OCC)(OCC)OCC. The average molecular weight is 442 g/mol. The molecular formula is C19H39IO3. The smallest absolute Gasteiger partial charge is 0.285 e. The lowest BCUT2D eigenvalue weighted by Crippen LogP contribution is -2.46. The van der Waals surface area contributed by atoms with Crippen molar-refractivity contribution in [3.05, 3.63) is 0 Å². The first-order valence-electron chi connectivity index (χ1n) is 9.68. The maximum atomic E-state index is 6.02. The Morgan fingerprint density at radius 1 is 0.696 bits per heavy atom. The molecule has 1 atom stereocenters. The number of alkyl halides is 1. The molecular weight excluding hydrogens is 403 g/mol. The summed E-state index contributed by atoms with van der Waals surface area (Å²) in [5, 5.41) is 0. The Balaban J connectivity index is 4.68. The molecule has 0 aromatic rings. The fourth-order valence-corrected chi connectivity index (χ4v) is 3.52. The largest absolute Gasteiger partial charge is 0.328 e. The second-order valence-electron chi connectivity index (χ2n) is 5.99. The quantitative estimate of drug-likeness (QED) is 0.114. The Kier molecular flexibility index (Phi) is 16.5. The standard InChI is InChI=1S/C19H39IO3/c1-5-9-10-11-12-13-15-18(16-14-17-20)19(21-6-2,22-7-3)23-8-4/h18H,5-17H2,1-4H3. The maximum absolute atomic E-state index is 6.02. The van der Waals surface area contributed by atoms with Crippen LogP contribution in [-0.4, -0.2) is 30.2 Å². The van der Waals surface area contributed by atoms with Gasteiger partial charge in [0.05, 0.1) is 0 Å². The summed E-state index contributed by atoms with van der Waals surface area (Å²) < 4.78 is 19.2. The number of halogens is 1. The van der Waals surface area contributed by atoms with E-state index in [1.165, 1.54) is 49.4 Å². The van der Waals surface area contributed by atoms with Gasteiger partial charge in [0.1, 0.15) is 0 Å². The van der Waals surface area contributed by atoms with Crippen molar-refractivity contribution in [2.45, 2.75) is 91.5 Å². The van der Waals surface area contributed by atoms with Gasteiger partial charge in [-0.25, -0.2) is 0 Å². The van der Waals surface area contributed by atoms with E-state index in [0.717, 1.165) is 12.8 Å². The Hall–Kier alpha value is 0.610. The van der Waals surface area contributed by atoms with Gasteiger partial charge in [-0.2, -0.15) is 0 Å². The summed E-state index contributed by atoms with van der Waals surface area (Å²) in [5.74, 6) is -0.517. The first-order chi connectivity index (χ1) is 11.2. The first-order valence-corrected chi connectivity index (χ1v) is 11.2. The summed E-state index contributed by atoms with van der Waals surface area (Å²) in [6.45, 7) is 10.2. The molecule has 4 heteroatoms. The normalized spacial score (nSPS) is 13.4. The molecule has 0 spiro atoms. The van der Waals surface area contributed by atoms with Crippen LogP contribution in [0.5, 0.6) is 0 Å². The van der Waals surface area contributed by atoms with Crippen molar-refractivity contribution >= 4 is 22.6 Å². The van der Waals surface area contributed by atoms with Crippen LogP contribution in [0, 0.1) is 5.92 Å². The summed E-state index contributed by atoms with van der Waals surface area (Å²) in [5.41, 5.74) is 0. The molecule has 0 heterocycles. The molecule has 0 aromatic heterocycles. The van der Waals surface area contributed by atoms with Crippen LogP contribution in [-0.2, 0) is 14.2 Å². The van der Waals surface area contributed by atoms with Gasteiger partial charge >= 0.3 is 0 Å². The molecule has 3 nitrogen and oxygen atoms in total. The average Bonchev–Trinajstić information content (AvgIpc) is 2.54. The molecule has 0 fully saturated rings. The van der Waals surface area contributed by atoms with E-state index in [2.05, 4.69) is 29.5 Å². The van der Waals surface area contributed by atoms with E-state index in [-0.39, 0.29) is 0 Å². The molecule has 0 aliphatic heterocycles. The van der Waals surface area contributed by atoms with Crippen molar-refractivity contribution < 1.29 is 14.2 Å². The summed E-state index contributed by atoms with van der Waals surface area (Å²) >= 11 is 2.45. The van der Waals surface area contributed by atoms with Crippen molar-refractivity contribution in [3.63, 3.8) is 0 Å². The van der Waals surface area contributed by atoms with Crippen molar-refractivity contribution in [1.29, 1.82) is 0 Å². The Bertz CT molecular complexity index is 232. The van der Waals surface area contributed by atoms with Crippen molar-refractivity contribution in [3.8, 4) is 0 Å². The molecule has 0 aromatic carbocycles. The van der Waals surface area contributed by atoms with Gasteiger partial charge < -0.3 is 14.2 Å². The van der Waals surface area contributed by atoms with Gasteiger partial charge in [0, 0.05) is 25.7 Å². The van der Waals surface area contributed by atoms with Gasteiger partial charge in [0.15, 0.2) is 0 Å². The van der Waals surface area contributed by atoms with E-state index in [0.29, 0.717) is 25.7 Å². The van der Waals surface area contributed by atoms with Crippen LogP contribution in [0.1, 0.15) is 85.5 Å². The number of hydrogen-bond donors (Lipinski definition) is 0. The highest BCUT2D eigenvalue weighted by Gasteiger charge is 2.41. The highest BCUT2D eigenvalue weighted by Crippen LogP contribution is 2.34. The Morgan fingerprint density at radius 3 is 1.65 bits per heavy atom. The lowest BCUT2D eigenvalue weighted by molar-refractivity contribution is -0.403. The molecule has 23 heavy (non-hydrogen) atoms. The van der Waals surface area contributed by atoms with E-state index < -0.39 is 5.97 Å². The van der Waals surface area contributed by atoms with Crippen LogP contribution >= 0.6 is 22.6 Å². The first kappa shape index (κ1) is 23.6. The lowest BCUT2D eigenvalue weighted by Gasteiger charge is -2.39. The summed E-state index contributed by atoms with van der Waals surface area (Å²) in [6.07, 6.45) is 11.3. The zero-order valence-electron chi connectivity index (χ0n) is 15.9. The van der Waals surface area contributed by atoms with E-state index in [9.17, 15) is 0 Å². The van der Waals surface area contributed by atoms with Crippen molar-refractivity contribution in [2.24, 2.45) is 5.92 Å². The van der Waals surface area contributed by atoms with Crippen LogP contribution in [0.4, 0.5) is 0 Å². The minimum absolute atomic E-state index is 0.322. The Labute approximate surface area is 158 Å². The third-order valence-electron chi connectivity index (χ3n) is 4.13. The highest BCUT2D eigenvalue weighted by atomic mass is 127. The molecule has 0 rings (SSSR count). The number of rotatable bonds is 17. The van der Waals surface area contributed by atoms with E-state index in [1.807, 2.05) is 20.8 Å². The predicted octanol–water partition coefficient (Wildman–Crippen LogP) is 6.33. The number of ether oxygens (including phenoxy) is 3. The van der Waals surface area contributed by atoms with Gasteiger partial charge in [-0.1, -0.05) is 68.0 Å². The van der Waals surface area contributed by atoms with Gasteiger partial charge in [-0.3, -0.25) is 0 Å². The van der Waals surface area contributed by atoms with Gasteiger partial charge in [-0.05, 0) is 44.5 Å². The topological polar surface area (TPSA) is 27.7 Å². The van der Waals surface area contributed by atoms with Crippen LogP contribution in [0.25, 0.3) is 0 Å². The van der Waals surface area contributed by atoms with Gasteiger partial charge in [0.25, 0.3) is 5.97 Å². The van der Waals surface area contributed by atoms with E-state index in [4.69, 9.17) is 14.2 Å². The molecule has 140 valence electrons. The summed E-state index contributed by atoms with van der Waals surface area (Å²) in [4.78, 5) is 0. The lowest BCUT2D eigenvalue weighted by atomic mass is 9.93. The molecule has 0 saturated heterocycles. The number of unbranched alkanes of at least 4 members (excludes halogenated alkanes) is 5. The zero-order chi connectivity index (χ0) is 17.4. The van der Waals surface area contributed by atoms with Crippen LogP contribution in [0.3, 0.4) is 0 Å². The fraction of sp³-hybridized carbons (Fsp3) is 1.00. The molecule has 0 aliphatic carbocycles. The maximum Gasteiger partial charge on any atom is 0.285 e. The predicted molar refractivity (Wildman–Crippen MR) is 107 cm³/mol. The monoisotopic (exact) mass is 442 g/mol. The second kappa shape index (κ2) is 16.1. The minimum Gasteiger partial charge on any atom is -0.328 e. The summed E-state index contributed by atoms with van der Waals surface area (Å²) in [7, 11) is 0.